The molecule has 0 bridgehead atoms. The average molecular weight is 477 g/mol. The van der Waals surface area contributed by atoms with Gasteiger partial charge in [0.15, 0.2) is 0 Å². The quantitative estimate of drug-likeness (QED) is 0.527. The Morgan fingerprint density at radius 1 is 0.914 bits per heavy atom. The van der Waals surface area contributed by atoms with E-state index in [-0.39, 0.29) is 36.8 Å². The SMILES string of the molecule is O=C(NCC1CC1C(=O)NCC1(C(=O)O)CCCCC1)OCC1c2ccccc2-c2ccccc21. The molecule has 0 radical (unpaired) electrons. The minimum atomic E-state index is -0.835. The molecule has 0 aliphatic heterocycles. The molecule has 5 rings (SSSR count). The molecule has 2 aromatic rings. The Kier molecular flexibility index (Phi) is 6.50. The first-order valence-electron chi connectivity index (χ1n) is 12.6. The first-order valence-corrected chi connectivity index (χ1v) is 12.6. The number of fused-ring (bicyclic) bond motifs is 3. The second-order valence-corrected chi connectivity index (χ2v) is 10.2. The van der Waals surface area contributed by atoms with Crippen molar-refractivity contribution in [2.75, 3.05) is 19.7 Å². The molecule has 2 saturated carbocycles. The summed E-state index contributed by atoms with van der Waals surface area (Å²) < 4.78 is 5.56. The molecule has 0 aromatic heterocycles. The van der Waals surface area contributed by atoms with Crippen molar-refractivity contribution in [3.05, 3.63) is 59.7 Å². The number of rotatable bonds is 8. The Morgan fingerprint density at radius 3 is 2.17 bits per heavy atom. The largest absolute Gasteiger partial charge is 0.481 e. The number of alkyl carbamates (subject to hydrolysis) is 1. The van der Waals surface area contributed by atoms with Crippen molar-refractivity contribution in [1.29, 1.82) is 0 Å². The molecule has 0 spiro atoms. The van der Waals surface area contributed by atoms with Crippen LogP contribution in [0, 0.1) is 17.3 Å². The summed E-state index contributed by atoms with van der Waals surface area (Å²) in [7, 11) is 0. The second-order valence-electron chi connectivity index (χ2n) is 10.2. The predicted octanol–water partition coefficient (Wildman–Crippen LogP) is 4.31. The van der Waals surface area contributed by atoms with Crippen LogP contribution < -0.4 is 10.6 Å². The van der Waals surface area contributed by atoms with Crippen LogP contribution in [0.2, 0.25) is 0 Å². The number of aliphatic carboxylic acids is 1. The third kappa shape index (κ3) is 4.77. The van der Waals surface area contributed by atoms with Gasteiger partial charge in [-0.1, -0.05) is 67.8 Å². The van der Waals surface area contributed by atoms with Crippen LogP contribution in [-0.4, -0.2) is 42.8 Å². The molecule has 7 nitrogen and oxygen atoms in total. The highest BCUT2D eigenvalue weighted by Crippen LogP contribution is 2.44. The van der Waals surface area contributed by atoms with Crippen LogP contribution >= 0.6 is 0 Å². The first kappa shape index (κ1) is 23.4. The van der Waals surface area contributed by atoms with Crippen LogP contribution in [0.4, 0.5) is 4.79 Å². The van der Waals surface area contributed by atoms with E-state index in [9.17, 15) is 19.5 Å². The molecule has 0 saturated heterocycles. The standard InChI is InChI=1S/C28H32N2O5/c31-25(30-17-28(26(32)33)12-6-1-7-13-28)23-14-18(23)15-29-27(34)35-16-24-21-10-4-2-8-19(21)20-9-3-5-11-22(20)24/h2-5,8-11,18,23-24H,1,6-7,12-17H2,(H,29,34)(H,30,31)(H,32,33). The molecule has 3 aliphatic rings. The minimum Gasteiger partial charge on any atom is -0.481 e. The fraction of sp³-hybridized carbons (Fsp3) is 0.464. The summed E-state index contributed by atoms with van der Waals surface area (Å²) in [6.07, 6.45) is 4.26. The van der Waals surface area contributed by atoms with Crippen LogP contribution in [0.1, 0.15) is 55.6 Å². The summed E-state index contributed by atoms with van der Waals surface area (Å²) in [6.45, 7) is 0.814. The highest BCUT2D eigenvalue weighted by molar-refractivity contribution is 5.83. The number of benzene rings is 2. The fourth-order valence-electron chi connectivity index (χ4n) is 5.74. The second kappa shape index (κ2) is 9.72. The highest BCUT2D eigenvalue weighted by Gasteiger charge is 2.45. The van der Waals surface area contributed by atoms with E-state index in [1.807, 2.05) is 24.3 Å². The van der Waals surface area contributed by atoms with E-state index < -0.39 is 17.5 Å². The van der Waals surface area contributed by atoms with Crippen molar-refractivity contribution < 1.29 is 24.2 Å². The number of carboxylic acids is 1. The average Bonchev–Trinajstić information content (AvgIpc) is 3.60. The summed E-state index contributed by atoms with van der Waals surface area (Å²) in [5.41, 5.74) is 3.86. The van der Waals surface area contributed by atoms with Gasteiger partial charge < -0.3 is 20.5 Å². The Bertz CT molecular complexity index is 1080. The molecule has 2 amide bonds. The molecule has 2 unspecified atom stereocenters. The highest BCUT2D eigenvalue weighted by atomic mass is 16.5. The Labute approximate surface area is 205 Å². The number of carbonyl (C=O) groups excluding carboxylic acids is 2. The first-order chi connectivity index (χ1) is 17.0. The van der Waals surface area contributed by atoms with Gasteiger partial charge >= 0.3 is 12.1 Å². The van der Waals surface area contributed by atoms with Crippen molar-refractivity contribution >= 4 is 18.0 Å². The number of amides is 2. The van der Waals surface area contributed by atoms with Crippen molar-refractivity contribution in [3.8, 4) is 11.1 Å². The Balaban J connectivity index is 1.07. The van der Waals surface area contributed by atoms with Gasteiger partial charge in [-0.05, 0) is 47.4 Å². The van der Waals surface area contributed by atoms with E-state index in [0.717, 1.165) is 30.4 Å². The molecule has 7 heteroatoms. The van der Waals surface area contributed by atoms with Gasteiger partial charge in [-0.3, -0.25) is 9.59 Å². The van der Waals surface area contributed by atoms with Gasteiger partial charge in [0.1, 0.15) is 6.61 Å². The lowest BCUT2D eigenvalue weighted by atomic mass is 9.74. The van der Waals surface area contributed by atoms with E-state index in [1.165, 1.54) is 11.1 Å². The van der Waals surface area contributed by atoms with Gasteiger partial charge in [0, 0.05) is 24.9 Å². The van der Waals surface area contributed by atoms with Crippen LogP contribution in [0.25, 0.3) is 11.1 Å². The lowest BCUT2D eigenvalue weighted by molar-refractivity contribution is -0.151. The number of hydrogen-bond donors (Lipinski definition) is 3. The number of nitrogens with one attached hydrogen (secondary N) is 2. The zero-order chi connectivity index (χ0) is 24.4. The summed E-state index contributed by atoms with van der Waals surface area (Å²) in [6, 6.07) is 16.4. The maximum absolute atomic E-state index is 12.6. The molecule has 0 heterocycles. The maximum Gasteiger partial charge on any atom is 0.407 e. The molecule has 3 aliphatic carbocycles. The van der Waals surface area contributed by atoms with E-state index >= 15 is 0 Å². The van der Waals surface area contributed by atoms with E-state index in [2.05, 4.69) is 34.9 Å². The third-order valence-corrected chi connectivity index (χ3v) is 7.98. The summed E-state index contributed by atoms with van der Waals surface area (Å²) >= 11 is 0. The molecular weight excluding hydrogens is 444 g/mol. The lowest BCUT2D eigenvalue weighted by Gasteiger charge is -2.33. The van der Waals surface area contributed by atoms with Crippen molar-refractivity contribution in [1.82, 2.24) is 10.6 Å². The summed E-state index contributed by atoms with van der Waals surface area (Å²) in [5, 5.41) is 15.3. The fourth-order valence-corrected chi connectivity index (χ4v) is 5.74. The zero-order valence-corrected chi connectivity index (χ0v) is 19.8. The minimum absolute atomic E-state index is 0.00828. The third-order valence-electron chi connectivity index (χ3n) is 7.98. The van der Waals surface area contributed by atoms with Gasteiger partial charge in [0.2, 0.25) is 5.91 Å². The van der Waals surface area contributed by atoms with E-state index in [1.54, 1.807) is 0 Å². The van der Waals surface area contributed by atoms with Crippen molar-refractivity contribution in [2.45, 2.75) is 44.4 Å². The van der Waals surface area contributed by atoms with Crippen LogP contribution in [-0.2, 0) is 14.3 Å². The normalized spacial score (nSPS) is 21.9. The number of carboxylic acid groups (broad SMARTS) is 1. The van der Waals surface area contributed by atoms with Crippen LogP contribution in [0.15, 0.2) is 48.5 Å². The Hall–Kier alpha value is -3.35. The summed E-state index contributed by atoms with van der Waals surface area (Å²) in [5.74, 6) is -1.05. The molecular formula is C28H32N2O5. The monoisotopic (exact) mass is 476 g/mol. The topological polar surface area (TPSA) is 105 Å². The van der Waals surface area contributed by atoms with Crippen molar-refractivity contribution in [3.63, 3.8) is 0 Å². The molecule has 2 fully saturated rings. The lowest BCUT2D eigenvalue weighted by Crippen LogP contribution is -2.45. The van der Waals surface area contributed by atoms with Gasteiger partial charge in [0.05, 0.1) is 5.41 Å². The molecule has 2 aromatic carbocycles. The van der Waals surface area contributed by atoms with Crippen molar-refractivity contribution in [2.24, 2.45) is 17.3 Å². The zero-order valence-electron chi connectivity index (χ0n) is 19.8. The molecule has 3 N–H and O–H groups in total. The number of carbonyl (C=O) groups is 3. The summed E-state index contributed by atoms with van der Waals surface area (Å²) in [4.78, 5) is 36.7. The smallest absolute Gasteiger partial charge is 0.407 e. The van der Waals surface area contributed by atoms with E-state index in [4.69, 9.17) is 4.74 Å². The van der Waals surface area contributed by atoms with Gasteiger partial charge in [-0.25, -0.2) is 4.79 Å². The molecule has 35 heavy (non-hydrogen) atoms. The number of hydrogen-bond acceptors (Lipinski definition) is 4. The maximum atomic E-state index is 12.6. The Morgan fingerprint density at radius 2 is 1.54 bits per heavy atom. The van der Waals surface area contributed by atoms with E-state index in [0.29, 0.717) is 25.8 Å². The van der Waals surface area contributed by atoms with Gasteiger partial charge in [-0.2, -0.15) is 0 Å². The molecule has 2 atom stereocenters. The van der Waals surface area contributed by atoms with Gasteiger partial charge in [-0.15, -0.1) is 0 Å². The number of ether oxygens (including phenoxy) is 1. The van der Waals surface area contributed by atoms with Crippen LogP contribution in [0.3, 0.4) is 0 Å². The predicted molar refractivity (Wildman–Crippen MR) is 131 cm³/mol. The van der Waals surface area contributed by atoms with Crippen LogP contribution in [0.5, 0.6) is 0 Å². The van der Waals surface area contributed by atoms with Gasteiger partial charge in [0.25, 0.3) is 0 Å². The molecule has 184 valence electrons.